The summed E-state index contributed by atoms with van der Waals surface area (Å²) in [4.78, 5) is 47.7. The molecule has 0 unspecified atom stereocenters. The SMILES string of the molecule is CCNC(=O)CCCCC(=O)CCCO[C@H]1O[C@H](CO[C@H]2O[C@H](CO)[C@@H](O)[C@H](O)[C@@H]2O)[C@@H](O)[C@H](O[C@H]2O[C@H](CO)[C@@H](O)[C@H](O)[C@@H]2O)[C@@H]1O.CCNC(=O)CCCCC(=O)CCCO[C@H]1O[C@H](CO[C@H]2O[C@H](CO)[C@@H](O)[C@H](O)[C@@H]2O)[C@@H](O)[C@H](O[C@H]2O[C@H](CO)[C@@H](O)[C@H](O)[C@@H]2O)[C@@H]1O. The van der Waals surface area contributed by atoms with Crippen LogP contribution in [0, 0.1) is 0 Å². The molecule has 0 aromatic carbocycles. The summed E-state index contributed by atoms with van der Waals surface area (Å²) < 4.78 is 66.4. The summed E-state index contributed by atoms with van der Waals surface area (Å²) in [6.45, 7) is 0.321. The van der Waals surface area contributed by atoms with Gasteiger partial charge >= 0.3 is 0 Å². The van der Waals surface area contributed by atoms with Gasteiger partial charge in [0.05, 0.1) is 52.9 Å². The Morgan fingerprint density at radius 2 is 0.562 bits per heavy atom. The van der Waals surface area contributed by atoms with Crippen LogP contribution in [0.15, 0.2) is 0 Å². The second-order valence-electron chi connectivity index (χ2n) is 24.1. The molecular formula is C58H102N2O36. The number of unbranched alkanes of at least 4 members (excludes halogenated alkanes) is 2. The predicted octanol–water partition coefficient (Wildman–Crippen LogP) is -11.0. The van der Waals surface area contributed by atoms with Gasteiger partial charge in [-0.25, -0.2) is 0 Å². The molecule has 0 aromatic rings. The van der Waals surface area contributed by atoms with Crippen LogP contribution in [-0.4, -0.2) is 376 Å². The Hall–Kier alpha value is -3.00. The first kappa shape index (κ1) is 83.7. The number of hydrogen-bond donors (Lipinski definition) is 22. The van der Waals surface area contributed by atoms with Crippen molar-refractivity contribution in [1.82, 2.24) is 10.6 Å². The van der Waals surface area contributed by atoms with Crippen LogP contribution in [0.25, 0.3) is 0 Å². The third-order valence-electron chi connectivity index (χ3n) is 16.8. The molecule has 96 heavy (non-hydrogen) atoms. The fourth-order valence-electron chi connectivity index (χ4n) is 11.1. The number of ether oxygens (including phenoxy) is 12. The normalized spacial score (nSPS) is 40.4. The maximum absolute atomic E-state index is 12.3. The number of ketones is 2. The van der Waals surface area contributed by atoms with Crippen LogP contribution in [0.1, 0.15) is 90.9 Å². The molecule has 0 aromatic heterocycles. The van der Waals surface area contributed by atoms with Crippen LogP contribution in [-0.2, 0) is 76.0 Å². The van der Waals surface area contributed by atoms with Crippen molar-refractivity contribution in [3.63, 3.8) is 0 Å². The standard InChI is InChI=1S/2C29H51NO18/c2*1-2-30-17(34)8-4-3-6-13(33)7-5-9-43-28-25(42)26(48-29-24(41)22(39)19(36)15(11-32)46-29)20(37)16(47-28)12-44-27-23(40)21(38)18(35)14(10-31)45-27/h2*14-16,18-29,31-32,35-42H,2-12H2,1H3,(H,30,34)/t2*14-,15-,16-,18-,19-,20-,21+,22+,23+,24+,25+,26+,27+,28+,29-/m11/s1. The number of nitrogens with one attached hydrogen (secondary N) is 2. The number of rotatable bonds is 36. The monoisotopic (exact) mass is 1400 g/mol. The average Bonchev–Trinajstić information content (AvgIpc) is 0.791. The quantitative estimate of drug-likeness (QED) is 0.0259. The first-order valence-corrected chi connectivity index (χ1v) is 32.3. The van der Waals surface area contributed by atoms with Gasteiger partial charge in [-0.05, 0) is 52.4 Å². The van der Waals surface area contributed by atoms with Crippen molar-refractivity contribution in [3.05, 3.63) is 0 Å². The molecule has 6 aliphatic heterocycles. The molecule has 30 atom stereocenters. The van der Waals surface area contributed by atoms with Gasteiger partial charge in [0.1, 0.15) is 158 Å². The van der Waals surface area contributed by atoms with Crippen LogP contribution in [0.4, 0.5) is 0 Å². The van der Waals surface area contributed by atoms with E-state index in [-0.39, 0.29) is 75.1 Å². The third-order valence-corrected chi connectivity index (χ3v) is 16.8. The zero-order valence-corrected chi connectivity index (χ0v) is 53.4. The molecule has 6 aliphatic rings. The lowest BCUT2D eigenvalue weighted by atomic mass is 9.96. The van der Waals surface area contributed by atoms with Crippen LogP contribution >= 0.6 is 0 Å². The molecule has 38 nitrogen and oxygen atoms in total. The highest BCUT2D eigenvalue weighted by molar-refractivity contribution is 5.79. The third kappa shape index (κ3) is 23.5. The highest BCUT2D eigenvalue weighted by atomic mass is 16.8. The van der Waals surface area contributed by atoms with E-state index in [4.69, 9.17) is 56.8 Å². The van der Waals surface area contributed by atoms with Crippen molar-refractivity contribution in [1.29, 1.82) is 0 Å². The van der Waals surface area contributed by atoms with E-state index in [1.165, 1.54) is 0 Å². The van der Waals surface area contributed by atoms with Crippen LogP contribution < -0.4 is 10.6 Å². The van der Waals surface area contributed by atoms with Crippen molar-refractivity contribution >= 4 is 23.4 Å². The first-order valence-electron chi connectivity index (χ1n) is 32.3. The summed E-state index contributed by atoms with van der Waals surface area (Å²) in [5, 5.41) is 210. The molecule has 2 amide bonds. The summed E-state index contributed by atoms with van der Waals surface area (Å²) in [6, 6.07) is 0. The van der Waals surface area contributed by atoms with Gasteiger partial charge in [0.25, 0.3) is 0 Å². The summed E-state index contributed by atoms with van der Waals surface area (Å²) >= 11 is 0. The molecule has 6 heterocycles. The fourth-order valence-corrected chi connectivity index (χ4v) is 11.1. The van der Waals surface area contributed by atoms with E-state index >= 15 is 0 Å². The number of hydrogen-bond acceptors (Lipinski definition) is 36. The topological polar surface area (TPSA) is 608 Å². The van der Waals surface area contributed by atoms with Gasteiger partial charge < -0.3 is 170 Å². The van der Waals surface area contributed by atoms with Gasteiger partial charge in [-0.1, -0.05) is 0 Å². The van der Waals surface area contributed by atoms with Crippen molar-refractivity contribution in [3.8, 4) is 0 Å². The molecule has 6 saturated heterocycles. The Balaban J connectivity index is 0.000000347. The first-order chi connectivity index (χ1) is 45.7. The van der Waals surface area contributed by atoms with Crippen molar-refractivity contribution in [2.24, 2.45) is 0 Å². The Labute approximate surface area is 552 Å². The van der Waals surface area contributed by atoms with Gasteiger partial charge in [-0.2, -0.15) is 0 Å². The van der Waals surface area contributed by atoms with E-state index in [9.17, 15) is 121 Å². The molecule has 0 aliphatic carbocycles. The molecule has 0 spiro atoms. The summed E-state index contributed by atoms with van der Waals surface area (Å²) in [6.07, 6.45) is -45.3. The van der Waals surface area contributed by atoms with Gasteiger partial charge in [-0.3, -0.25) is 19.2 Å². The summed E-state index contributed by atoms with van der Waals surface area (Å²) in [7, 11) is 0. The predicted molar refractivity (Wildman–Crippen MR) is 313 cm³/mol. The lowest BCUT2D eigenvalue weighted by Gasteiger charge is -2.46. The Bertz CT molecular complexity index is 2100. The van der Waals surface area contributed by atoms with E-state index < -0.39 is 224 Å². The van der Waals surface area contributed by atoms with Crippen LogP contribution in [0.3, 0.4) is 0 Å². The molecule has 0 saturated carbocycles. The van der Waals surface area contributed by atoms with Crippen LogP contribution in [0.2, 0.25) is 0 Å². The highest BCUT2D eigenvalue weighted by Crippen LogP contribution is 2.34. The zero-order valence-electron chi connectivity index (χ0n) is 53.4. The summed E-state index contributed by atoms with van der Waals surface area (Å²) in [5.41, 5.74) is 0. The molecule has 38 heteroatoms. The molecule has 6 fully saturated rings. The Kier molecular flexibility index (Phi) is 36.4. The van der Waals surface area contributed by atoms with Crippen molar-refractivity contribution < 1.29 is 178 Å². The van der Waals surface area contributed by atoms with Crippen molar-refractivity contribution in [2.45, 2.75) is 275 Å². The number of aliphatic hydroxyl groups is 20. The molecule has 0 bridgehead atoms. The van der Waals surface area contributed by atoms with Gasteiger partial charge in [0, 0.05) is 51.6 Å². The van der Waals surface area contributed by atoms with E-state index in [1.54, 1.807) is 0 Å². The Morgan fingerprint density at radius 1 is 0.302 bits per heavy atom. The number of carbonyl (C=O) groups is 4. The van der Waals surface area contributed by atoms with E-state index in [2.05, 4.69) is 10.6 Å². The minimum absolute atomic E-state index is 0.0651. The average molecular weight is 1400 g/mol. The molecule has 560 valence electrons. The second-order valence-corrected chi connectivity index (χ2v) is 24.1. The second kappa shape index (κ2) is 41.8. The van der Waals surface area contributed by atoms with Crippen LogP contribution in [0.5, 0.6) is 0 Å². The number of carbonyl (C=O) groups excluding carboxylic acids is 4. The van der Waals surface area contributed by atoms with E-state index in [1.807, 2.05) is 13.8 Å². The Morgan fingerprint density at radius 3 is 0.865 bits per heavy atom. The minimum Gasteiger partial charge on any atom is -0.394 e. The van der Waals surface area contributed by atoms with Gasteiger partial charge in [-0.15, -0.1) is 0 Å². The number of aliphatic hydroxyl groups excluding tert-OH is 20. The number of amides is 2. The maximum Gasteiger partial charge on any atom is 0.219 e. The maximum atomic E-state index is 12.3. The molecular weight excluding hydrogens is 1300 g/mol. The minimum atomic E-state index is -1.87. The largest absolute Gasteiger partial charge is 0.394 e. The molecule has 22 N–H and O–H groups in total. The highest BCUT2D eigenvalue weighted by Gasteiger charge is 2.55. The summed E-state index contributed by atoms with van der Waals surface area (Å²) in [5.74, 6) is -0.296. The number of Topliss-reactive ketones (excluding diaryl/α,β-unsaturated/α-hetero) is 2. The smallest absolute Gasteiger partial charge is 0.219 e. The lowest BCUT2D eigenvalue weighted by molar-refractivity contribution is -0.366. The van der Waals surface area contributed by atoms with Gasteiger partial charge in [0.2, 0.25) is 11.8 Å². The molecule has 6 rings (SSSR count). The zero-order chi connectivity index (χ0) is 71.1. The van der Waals surface area contributed by atoms with Gasteiger partial charge in [0.15, 0.2) is 37.7 Å². The van der Waals surface area contributed by atoms with E-state index in [0.717, 1.165) is 0 Å². The lowest BCUT2D eigenvalue weighted by Crippen LogP contribution is -2.65. The molecule has 0 radical (unpaired) electrons. The van der Waals surface area contributed by atoms with Crippen molar-refractivity contribution in [2.75, 3.05) is 65.9 Å². The fraction of sp³-hybridized carbons (Fsp3) is 0.931. The van der Waals surface area contributed by atoms with E-state index in [0.29, 0.717) is 51.6 Å².